The summed E-state index contributed by atoms with van der Waals surface area (Å²) in [5, 5.41) is 15.8. The molecule has 0 bridgehead atoms. The molecular formula is C22H18ClF3N4O3. The minimum Gasteiger partial charge on any atom is -0.478 e. The van der Waals surface area contributed by atoms with Crippen LogP contribution in [0, 0.1) is 0 Å². The Balaban J connectivity index is 1.69. The molecule has 11 heteroatoms. The summed E-state index contributed by atoms with van der Waals surface area (Å²) in [7, 11) is 0. The predicted molar refractivity (Wildman–Crippen MR) is 115 cm³/mol. The van der Waals surface area contributed by atoms with E-state index < -0.39 is 35.4 Å². The Bertz CT molecular complexity index is 1210. The van der Waals surface area contributed by atoms with Gasteiger partial charge in [-0.3, -0.25) is 4.79 Å². The van der Waals surface area contributed by atoms with Crippen LogP contribution in [0.2, 0.25) is 5.02 Å². The zero-order valence-corrected chi connectivity index (χ0v) is 18.0. The number of benzene rings is 2. The molecule has 1 aliphatic heterocycles. The van der Waals surface area contributed by atoms with Crippen molar-refractivity contribution in [2.75, 3.05) is 11.4 Å². The zero-order chi connectivity index (χ0) is 23.9. The summed E-state index contributed by atoms with van der Waals surface area (Å²) >= 11 is 5.93. The molecule has 1 aromatic heterocycles. The van der Waals surface area contributed by atoms with Crippen molar-refractivity contribution < 1.29 is 27.9 Å². The molecule has 0 spiro atoms. The molecule has 172 valence electrons. The van der Waals surface area contributed by atoms with Crippen molar-refractivity contribution in [2.24, 2.45) is 0 Å². The van der Waals surface area contributed by atoms with E-state index in [1.54, 1.807) is 36.1 Å². The van der Waals surface area contributed by atoms with Gasteiger partial charge in [0.15, 0.2) is 5.69 Å². The van der Waals surface area contributed by atoms with Crippen molar-refractivity contribution >= 4 is 35.0 Å². The Morgan fingerprint density at radius 1 is 1.09 bits per heavy atom. The van der Waals surface area contributed by atoms with Crippen LogP contribution in [0.15, 0.2) is 48.5 Å². The number of nitrogens with one attached hydrogen (secondary N) is 1. The second kappa shape index (κ2) is 8.43. The average Bonchev–Trinajstić information content (AvgIpc) is 3.34. The normalized spacial score (nSPS) is 14.2. The van der Waals surface area contributed by atoms with Crippen molar-refractivity contribution in [3.8, 4) is 0 Å². The second-order valence-electron chi connectivity index (χ2n) is 7.52. The van der Waals surface area contributed by atoms with Gasteiger partial charge in [-0.2, -0.15) is 18.3 Å². The van der Waals surface area contributed by atoms with Gasteiger partial charge >= 0.3 is 12.1 Å². The van der Waals surface area contributed by atoms with Crippen LogP contribution < -0.4 is 10.2 Å². The Labute approximate surface area is 191 Å². The van der Waals surface area contributed by atoms with E-state index >= 15 is 0 Å². The maximum Gasteiger partial charge on any atom is 0.436 e. The quantitative estimate of drug-likeness (QED) is 0.545. The van der Waals surface area contributed by atoms with Crippen molar-refractivity contribution in [3.05, 3.63) is 75.9 Å². The molecule has 0 aliphatic carbocycles. The highest BCUT2D eigenvalue weighted by atomic mass is 35.5. The van der Waals surface area contributed by atoms with Crippen LogP contribution >= 0.6 is 11.6 Å². The van der Waals surface area contributed by atoms with E-state index in [4.69, 9.17) is 16.7 Å². The number of anilines is 2. The molecule has 2 heterocycles. The van der Waals surface area contributed by atoms with E-state index in [9.17, 15) is 22.8 Å². The zero-order valence-electron chi connectivity index (χ0n) is 17.2. The maximum absolute atomic E-state index is 13.8. The number of rotatable bonds is 5. The minimum absolute atomic E-state index is 0.0515. The lowest BCUT2D eigenvalue weighted by Gasteiger charge is -2.21. The Hall–Kier alpha value is -3.53. The third-order valence-corrected chi connectivity index (χ3v) is 5.61. The van der Waals surface area contributed by atoms with Crippen LogP contribution in [0.4, 0.5) is 24.7 Å². The lowest BCUT2D eigenvalue weighted by Crippen LogP contribution is -2.30. The molecule has 1 unspecified atom stereocenters. The number of carbonyl (C=O) groups is 2. The smallest absolute Gasteiger partial charge is 0.436 e. The molecule has 1 atom stereocenters. The van der Waals surface area contributed by atoms with Crippen molar-refractivity contribution in [3.63, 3.8) is 0 Å². The van der Waals surface area contributed by atoms with Gasteiger partial charge in [-0.25, -0.2) is 9.48 Å². The molecule has 1 aliphatic rings. The standard InChI is InChI=1S/C22H18ClF3N4O3/c1-12(13-2-4-14(5-3-13)21(32)33)27-19(31)17-18(22(24,25)26)28-30-11-10-29(20(17)30)16-8-6-15(23)7-9-16/h2-9,12H,10-11H2,1H3,(H,27,31)(H,32,33). The van der Waals surface area contributed by atoms with Crippen LogP contribution in [0.3, 0.4) is 0 Å². The van der Waals surface area contributed by atoms with E-state index in [1.165, 1.54) is 28.9 Å². The highest BCUT2D eigenvalue weighted by Gasteiger charge is 2.44. The average molecular weight is 479 g/mol. The first-order valence-electron chi connectivity index (χ1n) is 9.91. The van der Waals surface area contributed by atoms with Crippen LogP contribution in [0.5, 0.6) is 0 Å². The molecule has 2 N–H and O–H groups in total. The fourth-order valence-electron chi connectivity index (χ4n) is 3.73. The van der Waals surface area contributed by atoms with Crippen LogP contribution in [-0.2, 0) is 12.7 Å². The Kier molecular flexibility index (Phi) is 5.79. The fraction of sp³-hybridized carbons (Fsp3) is 0.227. The number of amides is 1. The first-order valence-corrected chi connectivity index (χ1v) is 10.3. The van der Waals surface area contributed by atoms with Gasteiger partial charge in [0.2, 0.25) is 0 Å². The molecule has 0 fully saturated rings. The Morgan fingerprint density at radius 2 is 1.73 bits per heavy atom. The summed E-state index contributed by atoms with van der Waals surface area (Å²) in [4.78, 5) is 25.7. The van der Waals surface area contributed by atoms with Gasteiger partial charge in [-0.1, -0.05) is 23.7 Å². The van der Waals surface area contributed by atoms with Gasteiger partial charge in [-0.05, 0) is 48.9 Å². The summed E-state index contributed by atoms with van der Waals surface area (Å²) in [6.45, 7) is 2.12. The number of nitrogens with zero attached hydrogens (tertiary/aromatic N) is 3. The number of halogens is 4. The van der Waals surface area contributed by atoms with Gasteiger partial charge in [0.25, 0.3) is 5.91 Å². The molecule has 0 saturated heterocycles. The Morgan fingerprint density at radius 3 is 2.30 bits per heavy atom. The molecule has 0 radical (unpaired) electrons. The van der Waals surface area contributed by atoms with Crippen LogP contribution in [-0.4, -0.2) is 33.3 Å². The topological polar surface area (TPSA) is 87.5 Å². The summed E-state index contributed by atoms with van der Waals surface area (Å²) in [5.74, 6) is -1.99. The number of aromatic nitrogens is 2. The third-order valence-electron chi connectivity index (χ3n) is 5.36. The molecular weight excluding hydrogens is 461 g/mol. The SMILES string of the molecule is CC(NC(=O)c1c(C(F)(F)F)nn2c1N(c1ccc(Cl)cc1)CC2)c1ccc(C(=O)O)cc1. The van der Waals surface area contributed by atoms with E-state index in [0.29, 0.717) is 22.8 Å². The number of carbonyl (C=O) groups excluding carboxylic acids is 1. The summed E-state index contributed by atoms with van der Waals surface area (Å²) in [6, 6.07) is 11.6. The third kappa shape index (κ3) is 4.38. The molecule has 7 nitrogen and oxygen atoms in total. The van der Waals surface area contributed by atoms with E-state index in [2.05, 4.69) is 10.4 Å². The molecule has 0 saturated carbocycles. The molecule has 4 rings (SSSR count). The van der Waals surface area contributed by atoms with Crippen molar-refractivity contribution in [1.29, 1.82) is 0 Å². The molecule has 2 aromatic carbocycles. The first-order chi connectivity index (χ1) is 15.6. The van der Waals surface area contributed by atoms with Gasteiger partial charge in [0, 0.05) is 17.3 Å². The van der Waals surface area contributed by atoms with E-state index in [-0.39, 0.29) is 17.9 Å². The van der Waals surface area contributed by atoms with Crippen molar-refractivity contribution in [2.45, 2.75) is 25.7 Å². The lowest BCUT2D eigenvalue weighted by atomic mass is 10.1. The number of carboxylic acid groups (broad SMARTS) is 1. The van der Waals surface area contributed by atoms with E-state index in [0.717, 1.165) is 0 Å². The van der Waals surface area contributed by atoms with Gasteiger partial charge < -0.3 is 15.3 Å². The van der Waals surface area contributed by atoms with Gasteiger partial charge in [0.1, 0.15) is 11.4 Å². The number of alkyl halides is 3. The highest BCUT2D eigenvalue weighted by molar-refractivity contribution is 6.30. The highest BCUT2D eigenvalue weighted by Crippen LogP contribution is 2.41. The van der Waals surface area contributed by atoms with Crippen molar-refractivity contribution in [1.82, 2.24) is 15.1 Å². The number of aromatic carboxylic acids is 1. The van der Waals surface area contributed by atoms with Gasteiger partial charge in [0.05, 0.1) is 18.2 Å². The number of carboxylic acids is 1. The maximum atomic E-state index is 13.8. The van der Waals surface area contributed by atoms with E-state index in [1.807, 2.05) is 0 Å². The lowest BCUT2D eigenvalue weighted by molar-refractivity contribution is -0.141. The van der Waals surface area contributed by atoms with Crippen LogP contribution in [0.1, 0.15) is 44.9 Å². The number of hydrogen-bond donors (Lipinski definition) is 2. The summed E-state index contributed by atoms with van der Waals surface area (Å²) < 4.78 is 42.5. The fourth-order valence-corrected chi connectivity index (χ4v) is 3.86. The minimum atomic E-state index is -4.83. The summed E-state index contributed by atoms with van der Waals surface area (Å²) in [6.07, 6.45) is -4.83. The second-order valence-corrected chi connectivity index (χ2v) is 7.95. The molecule has 3 aromatic rings. The molecule has 33 heavy (non-hydrogen) atoms. The largest absolute Gasteiger partial charge is 0.478 e. The number of fused-ring (bicyclic) bond motifs is 1. The molecule has 1 amide bonds. The first kappa shape index (κ1) is 22.7. The summed E-state index contributed by atoms with van der Waals surface area (Å²) in [5.41, 5.74) is -0.644. The number of hydrogen-bond acceptors (Lipinski definition) is 4. The van der Waals surface area contributed by atoms with Crippen LogP contribution in [0.25, 0.3) is 0 Å². The predicted octanol–water partition coefficient (Wildman–Crippen LogP) is 4.90. The van der Waals surface area contributed by atoms with Gasteiger partial charge in [-0.15, -0.1) is 0 Å². The monoisotopic (exact) mass is 478 g/mol.